The molecule has 0 spiro atoms. The van der Waals surface area contributed by atoms with Crippen molar-refractivity contribution in [3.8, 4) is 0 Å². The summed E-state index contributed by atoms with van der Waals surface area (Å²) in [6, 6.07) is 0. The lowest BCUT2D eigenvalue weighted by Crippen LogP contribution is -2.31. The fraction of sp³-hybridized carbons (Fsp3) is 0.940. The van der Waals surface area contributed by atoms with E-state index in [1.54, 1.807) is 7.11 Å². The van der Waals surface area contributed by atoms with E-state index in [2.05, 4.69) is 5.32 Å². The molecule has 0 aliphatic carbocycles. The fourth-order valence-corrected chi connectivity index (χ4v) is 9.46. The van der Waals surface area contributed by atoms with E-state index < -0.39 is 0 Å². The standard InChI is InChI=1S/C83H160N2O39/c1-89-11-12-91-15-16-93-19-20-95-23-24-97-27-28-99-31-32-101-35-36-103-39-40-105-43-44-107-47-48-109-51-52-111-55-56-113-59-60-115-63-64-117-67-68-119-71-72-121-75-76-123-79-80-124-78-77-122-74-73-120-70-69-118-66-65-116-62-61-114-58-57-112-54-53-110-50-49-108-46-45-106-42-41-104-38-37-102-34-33-100-30-29-98-26-25-96-22-21-94-18-17-92-14-13-90-10-8-84-81(86)5-3-2-4-9-85-82(87)6-7-83(85)88/h6-7H,2-5,8-80H2,1H3,(H,84,86). The Hall–Kier alpha value is -3.09. The van der Waals surface area contributed by atoms with Gasteiger partial charge in [-0.05, 0) is 12.8 Å². The summed E-state index contributed by atoms with van der Waals surface area (Å²) < 4.78 is 198. The van der Waals surface area contributed by atoms with Crippen molar-refractivity contribution in [1.29, 1.82) is 0 Å². The minimum Gasteiger partial charge on any atom is -0.382 e. The summed E-state index contributed by atoms with van der Waals surface area (Å²) in [4.78, 5) is 36.3. The van der Waals surface area contributed by atoms with Crippen LogP contribution in [0.1, 0.15) is 25.7 Å². The number of carbonyl (C=O) groups is 3. The van der Waals surface area contributed by atoms with Crippen LogP contribution in [-0.4, -0.2) is 512 Å². The lowest BCUT2D eigenvalue weighted by Gasteiger charge is -2.13. The summed E-state index contributed by atoms with van der Waals surface area (Å²) in [5.41, 5.74) is 0. The molecule has 124 heavy (non-hydrogen) atoms. The van der Waals surface area contributed by atoms with Gasteiger partial charge in [0.1, 0.15) is 0 Å². The molecule has 0 saturated heterocycles. The molecule has 0 aromatic carbocycles. The summed E-state index contributed by atoms with van der Waals surface area (Å²) in [6.45, 7) is 34.7. The number of ether oxygens (including phenoxy) is 36. The molecule has 1 rings (SSSR count). The molecule has 0 aromatic rings. The molecule has 1 aliphatic heterocycles. The highest BCUT2D eigenvalue weighted by atomic mass is 16.6. The zero-order valence-corrected chi connectivity index (χ0v) is 75.0. The third kappa shape index (κ3) is 101. The number of methoxy groups -OCH3 is 1. The number of imide groups is 1. The third-order valence-electron chi connectivity index (χ3n) is 15.8. The number of carbonyl (C=O) groups excluding carboxylic acids is 3. The van der Waals surface area contributed by atoms with Crippen molar-refractivity contribution in [3.05, 3.63) is 12.2 Å². The van der Waals surface area contributed by atoms with Crippen LogP contribution in [0.25, 0.3) is 0 Å². The molecule has 0 unspecified atom stereocenters. The Morgan fingerprint density at radius 1 is 0.194 bits per heavy atom. The quantitative estimate of drug-likeness (QED) is 0.0650. The summed E-state index contributed by atoms with van der Waals surface area (Å²) in [5, 5.41) is 2.82. The van der Waals surface area contributed by atoms with Crippen LogP contribution in [-0.2, 0) is 185 Å². The fourth-order valence-electron chi connectivity index (χ4n) is 9.46. The van der Waals surface area contributed by atoms with Crippen LogP contribution in [0.5, 0.6) is 0 Å². The summed E-state index contributed by atoms with van der Waals surface area (Å²) in [5.74, 6) is -0.606. The van der Waals surface area contributed by atoms with Gasteiger partial charge in [-0.25, -0.2) is 0 Å². The molecule has 0 aromatic heterocycles. The molecule has 0 radical (unpaired) electrons. The van der Waals surface area contributed by atoms with Crippen LogP contribution in [0.3, 0.4) is 0 Å². The van der Waals surface area contributed by atoms with Crippen molar-refractivity contribution in [3.63, 3.8) is 0 Å². The van der Waals surface area contributed by atoms with Crippen molar-refractivity contribution >= 4 is 17.7 Å². The second-order valence-electron chi connectivity index (χ2n) is 25.7. The molecule has 0 saturated carbocycles. The predicted octanol–water partition coefficient (Wildman–Crippen LogP) is 0.815. The van der Waals surface area contributed by atoms with Gasteiger partial charge in [0, 0.05) is 38.8 Å². The zero-order valence-electron chi connectivity index (χ0n) is 75.0. The molecule has 0 atom stereocenters. The molecule has 0 fully saturated rings. The highest BCUT2D eigenvalue weighted by molar-refractivity contribution is 6.12. The van der Waals surface area contributed by atoms with Crippen LogP contribution >= 0.6 is 0 Å². The Balaban J connectivity index is 1.58. The van der Waals surface area contributed by atoms with Crippen LogP contribution in [0.4, 0.5) is 0 Å². The van der Waals surface area contributed by atoms with Crippen LogP contribution in [0.2, 0.25) is 0 Å². The SMILES string of the molecule is COCCOCCOCCOCCOCCOCCOCCOCCOCCOCCOCCOCCOCCOCCOCCOCCOCCOCCOCCOCCOCCOCCOCCOCCOCCOCCOCCOCCOCCOCCOCCOCCOCCOCCOCCOCCNC(=O)CCCCCN1C(=O)C=CC1=O. The normalized spacial score (nSPS) is 12.3. The molecule has 41 heteroatoms. The molecule has 1 N–H and O–H groups in total. The Morgan fingerprint density at radius 2 is 0.323 bits per heavy atom. The van der Waals surface area contributed by atoms with Gasteiger partial charge in [0.25, 0.3) is 11.8 Å². The lowest BCUT2D eigenvalue weighted by atomic mass is 10.2. The number of rotatable bonds is 114. The second-order valence-corrected chi connectivity index (χ2v) is 25.7. The molecule has 1 aliphatic rings. The van der Waals surface area contributed by atoms with Crippen molar-refractivity contribution in [1.82, 2.24) is 10.2 Å². The molecule has 41 nitrogen and oxygen atoms in total. The van der Waals surface area contributed by atoms with Crippen molar-refractivity contribution in [2.24, 2.45) is 0 Å². The van der Waals surface area contributed by atoms with E-state index in [9.17, 15) is 14.4 Å². The van der Waals surface area contributed by atoms with Gasteiger partial charge in [0.2, 0.25) is 5.91 Å². The minimum atomic E-state index is -0.278. The number of hydrogen-bond donors (Lipinski definition) is 1. The van der Waals surface area contributed by atoms with E-state index in [-0.39, 0.29) is 17.7 Å². The van der Waals surface area contributed by atoms with Gasteiger partial charge in [0.15, 0.2) is 0 Å². The maximum Gasteiger partial charge on any atom is 0.253 e. The van der Waals surface area contributed by atoms with E-state index in [1.165, 1.54) is 17.1 Å². The smallest absolute Gasteiger partial charge is 0.253 e. The van der Waals surface area contributed by atoms with Crippen molar-refractivity contribution in [2.75, 3.05) is 489 Å². The molecule has 0 bridgehead atoms. The first kappa shape index (κ1) is 119. The first-order valence-electron chi connectivity index (χ1n) is 44.1. The molecule has 1 heterocycles. The highest BCUT2D eigenvalue weighted by Gasteiger charge is 2.22. The van der Waals surface area contributed by atoms with Gasteiger partial charge in [-0.2, -0.15) is 0 Å². The average molecular weight is 1810 g/mol. The number of nitrogens with one attached hydrogen (secondary N) is 1. The summed E-state index contributed by atoms with van der Waals surface area (Å²) in [7, 11) is 1.64. The zero-order chi connectivity index (χ0) is 88.3. The van der Waals surface area contributed by atoms with Crippen LogP contribution in [0, 0.1) is 0 Å². The number of hydrogen-bond acceptors (Lipinski definition) is 39. The van der Waals surface area contributed by atoms with Gasteiger partial charge < -0.3 is 176 Å². The van der Waals surface area contributed by atoms with Gasteiger partial charge in [0.05, 0.1) is 469 Å². The summed E-state index contributed by atoms with van der Waals surface area (Å²) in [6.07, 6.45) is 5.06. The Kier molecular flexibility index (Phi) is 104. The maximum atomic E-state index is 12.0. The minimum absolute atomic E-state index is 0.0504. The Morgan fingerprint density at radius 3 is 0.460 bits per heavy atom. The van der Waals surface area contributed by atoms with E-state index in [4.69, 9.17) is 171 Å². The topological polar surface area (TPSA) is 399 Å². The second kappa shape index (κ2) is 109. The third-order valence-corrected chi connectivity index (χ3v) is 15.8. The Bertz CT molecular complexity index is 2050. The largest absolute Gasteiger partial charge is 0.382 e. The lowest BCUT2D eigenvalue weighted by molar-refractivity contribution is -0.137. The molecule has 736 valence electrons. The highest BCUT2D eigenvalue weighted by Crippen LogP contribution is 2.08. The van der Waals surface area contributed by atoms with Crippen LogP contribution in [0.15, 0.2) is 12.2 Å². The first-order chi connectivity index (χ1) is 61.6. The van der Waals surface area contributed by atoms with E-state index in [0.717, 1.165) is 6.42 Å². The molecular formula is C83H160N2O39. The maximum absolute atomic E-state index is 12.0. The average Bonchev–Trinajstić information content (AvgIpc) is 1.74. The predicted molar refractivity (Wildman–Crippen MR) is 448 cm³/mol. The van der Waals surface area contributed by atoms with E-state index in [1.807, 2.05) is 0 Å². The molecular weight excluding hydrogens is 1650 g/mol. The van der Waals surface area contributed by atoms with Gasteiger partial charge in [-0.1, -0.05) is 6.42 Å². The summed E-state index contributed by atoms with van der Waals surface area (Å²) >= 11 is 0. The number of amides is 3. The van der Waals surface area contributed by atoms with E-state index >= 15 is 0 Å². The van der Waals surface area contributed by atoms with Crippen molar-refractivity contribution < 1.29 is 185 Å². The van der Waals surface area contributed by atoms with Gasteiger partial charge in [-0.3, -0.25) is 19.3 Å². The van der Waals surface area contributed by atoms with Crippen molar-refractivity contribution in [2.45, 2.75) is 25.7 Å². The number of nitrogens with zero attached hydrogens (tertiary/aromatic N) is 1. The molecule has 3 amide bonds. The van der Waals surface area contributed by atoms with Gasteiger partial charge >= 0.3 is 0 Å². The monoisotopic (exact) mass is 1810 g/mol. The van der Waals surface area contributed by atoms with E-state index in [0.29, 0.717) is 501 Å². The number of unbranched alkanes of at least 4 members (excludes halogenated alkanes) is 2. The van der Waals surface area contributed by atoms with Gasteiger partial charge in [-0.15, -0.1) is 0 Å². The first-order valence-corrected chi connectivity index (χ1v) is 44.1. The van der Waals surface area contributed by atoms with Crippen LogP contribution < -0.4 is 5.32 Å². The Labute approximate surface area is 737 Å².